The highest BCUT2D eigenvalue weighted by atomic mass is 19.1. The summed E-state index contributed by atoms with van der Waals surface area (Å²) in [5.74, 6) is -0.872. The van der Waals surface area contributed by atoms with Crippen LogP contribution in [0.2, 0.25) is 0 Å². The Hall–Kier alpha value is -1.88. The molecule has 2 rings (SSSR count). The Morgan fingerprint density at radius 3 is 2.76 bits per heavy atom. The third-order valence-electron chi connectivity index (χ3n) is 2.31. The van der Waals surface area contributed by atoms with E-state index in [0.29, 0.717) is 12.3 Å². The van der Waals surface area contributed by atoms with Crippen LogP contribution in [0, 0.1) is 11.6 Å². The van der Waals surface area contributed by atoms with Crippen molar-refractivity contribution in [1.29, 1.82) is 0 Å². The van der Waals surface area contributed by atoms with Crippen LogP contribution in [0.5, 0.6) is 5.75 Å². The maximum Gasteiger partial charge on any atom is 0.167 e. The van der Waals surface area contributed by atoms with Crippen molar-refractivity contribution in [2.75, 3.05) is 0 Å². The molecule has 0 aliphatic heterocycles. The van der Waals surface area contributed by atoms with Gasteiger partial charge in [-0.3, -0.25) is 0 Å². The van der Waals surface area contributed by atoms with Gasteiger partial charge in [-0.05, 0) is 18.2 Å². The molecule has 1 heterocycles. The number of benzene rings is 1. The van der Waals surface area contributed by atoms with Gasteiger partial charge < -0.3 is 14.9 Å². The third kappa shape index (κ3) is 2.62. The molecule has 0 aliphatic rings. The van der Waals surface area contributed by atoms with Crippen molar-refractivity contribution in [2.45, 2.75) is 13.2 Å². The first-order valence-corrected chi connectivity index (χ1v) is 5.04. The summed E-state index contributed by atoms with van der Waals surface area (Å²) in [4.78, 5) is 0. The van der Waals surface area contributed by atoms with Gasteiger partial charge in [0.15, 0.2) is 11.6 Å². The molecule has 3 nitrogen and oxygen atoms in total. The van der Waals surface area contributed by atoms with Gasteiger partial charge >= 0.3 is 0 Å². The molecule has 0 aliphatic carbocycles. The molecule has 90 valence electrons. The number of rotatable bonds is 4. The fourth-order valence-corrected chi connectivity index (χ4v) is 1.41. The van der Waals surface area contributed by atoms with E-state index in [0.717, 1.165) is 17.7 Å². The molecule has 5 heteroatoms. The third-order valence-corrected chi connectivity index (χ3v) is 2.31. The summed E-state index contributed by atoms with van der Waals surface area (Å²) >= 11 is 0. The average Bonchev–Trinajstić information content (AvgIpc) is 2.75. The highest BCUT2D eigenvalue weighted by Crippen LogP contribution is 2.20. The summed E-state index contributed by atoms with van der Waals surface area (Å²) in [6.07, 6.45) is 1.49. The van der Waals surface area contributed by atoms with E-state index in [9.17, 15) is 8.78 Å². The lowest BCUT2D eigenvalue weighted by Gasteiger charge is -2.06. The summed E-state index contributed by atoms with van der Waals surface area (Å²) < 4.78 is 36.2. The van der Waals surface area contributed by atoms with Gasteiger partial charge in [0, 0.05) is 18.2 Å². The predicted molar refractivity (Wildman–Crippen MR) is 57.3 cm³/mol. The van der Waals surface area contributed by atoms with Gasteiger partial charge in [-0.15, -0.1) is 0 Å². The fraction of sp³-hybridized carbons (Fsp3) is 0.167. The fourth-order valence-electron chi connectivity index (χ4n) is 1.41. The maximum atomic E-state index is 13.2. The van der Waals surface area contributed by atoms with Crippen LogP contribution in [-0.4, -0.2) is 0 Å². The molecule has 1 aromatic heterocycles. The molecule has 0 unspecified atom stereocenters. The molecule has 0 spiro atoms. The Bertz CT molecular complexity index is 511. The van der Waals surface area contributed by atoms with E-state index in [1.54, 1.807) is 6.07 Å². The van der Waals surface area contributed by atoms with Gasteiger partial charge in [0.05, 0.1) is 6.26 Å². The van der Waals surface area contributed by atoms with E-state index in [2.05, 4.69) is 0 Å². The zero-order valence-electron chi connectivity index (χ0n) is 8.95. The van der Waals surface area contributed by atoms with Crippen molar-refractivity contribution >= 4 is 0 Å². The van der Waals surface area contributed by atoms with Crippen LogP contribution in [0.1, 0.15) is 11.3 Å². The van der Waals surface area contributed by atoms with Gasteiger partial charge in [0.1, 0.15) is 18.2 Å². The van der Waals surface area contributed by atoms with Crippen LogP contribution in [0.25, 0.3) is 0 Å². The second-order valence-electron chi connectivity index (χ2n) is 3.44. The van der Waals surface area contributed by atoms with Gasteiger partial charge in [0.25, 0.3) is 0 Å². The normalized spacial score (nSPS) is 10.5. The van der Waals surface area contributed by atoms with Crippen molar-refractivity contribution in [3.63, 3.8) is 0 Å². The van der Waals surface area contributed by atoms with Crippen molar-refractivity contribution in [1.82, 2.24) is 0 Å². The van der Waals surface area contributed by atoms with E-state index >= 15 is 0 Å². The Labute approximate surface area is 96.8 Å². The lowest BCUT2D eigenvalue weighted by molar-refractivity contribution is 0.256. The van der Waals surface area contributed by atoms with Crippen LogP contribution in [0.15, 0.2) is 34.9 Å². The summed E-state index contributed by atoms with van der Waals surface area (Å²) in [5, 5.41) is 0. The number of halogens is 2. The van der Waals surface area contributed by atoms with E-state index in [1.165, 1.54) is 12.3 Å². The van der Waals surface area contributed by atoms with Gasteiger partial charge in [-0.2, -0.15) is 0 Å². The van der Waals surface area contributed by atoms with E-state index in [4.69, 9.17) is 14.9 Å². The lowest BCUT2D eigenvalue weighted by Crippen LogP contribution is -2.02. The van der Waals surface area contributed by atoms with E-state index in [1.807, 2.05) is 0 Å². The maximum absolute atomic E-state index is 13.2. The van der Waals surface area contributed by atoms with Crippen molar-refractivity contribution < 1.29 is 17.9 Å². The zero-order valence-corrected chi connectivity index (χ0v) is 8.95. The Balaban J connectivity index is 2.07. The summed E-state index contributed by atoms with van der Waals surface area (Å²) in [7, 11) is 0. The van der Waals surface area contributed by atoms with E-state index < -0.39 is 11.6 Å². The standard InChI is InChI=1S/C12H11F2NO2/c13-9-1-2-11(10(14)5-9)17-7-12-8(6-15)3-4-16-12/h1-5H,6-7,15H2. The molecule has 0 bridgehead atoms. The van der Waals surface area contributed by atoms with Crippen LogP contribution in [-0.2, 0) is 13.2 Å². The molecule has 0 amide bonds. The summed E-state index contributed by atoms with van der Waals surface area (Å²) in [5.41, 5.74) is 6.27. The smallest absolute Gasteiger partial charge is 0.167 e. The first-order valence-electron chi connectivity index (χ1n) is 5.04. The largest absolute Gasteiger partial charge is 0.483 e. The molecule has 0 fully saturated rings. The van der Waals surface area contributed by atoms with Gasteiger partial charge in [-0.25, -0.2) is 8.78 Å². The second-order valence-corrected chi connectivity index (χ2v) is 3.44. The van der Waals surface area contributed by atoms with Crippen molar-refractivity contribution in [3.8, 4) is 5.75 Å². The van der Waals surface area contributed by atoms with Crippen LogP contribution < -0.4 is 10.5 Å². The number of hydrogen-bond donors (Lipinski definition) is 1. The Kier molecular flexibility index (Phi) is 3.39. The molecule has 1 aromatic carbocycles. The van der Waals surface area contributed by atoms with Crippen LogP contribution in [0.4, 0.5) is 8.78 Å². The van der Waals surface area contributed by atoms with Gasteiger partial charge in [0.2, 0.25) is 0 Å². The van der Waals surface area contributed by atoms with Crippen molar-refractivity contribution in [3.05, 3.63) is 53.5 Å². The van der Waals surface area contributed by atoms with Crippen molar-refractivity contribution in [2.24, 2.45) is 5.73 Å². The molecule has 2 N–H and O–H groups in total. The first kappa shape index (κ1) is 11.6. The minimum Gasteiger partial charge on any atom is -0.483 e. The highest BCUT2D eigenvalue weighted by molar-refractivity contribution is 5.25. The topological polar surface area (TPSA) is 48.4 Å². The average molecular weight is 239 g/mol. The molecular weight excluding hydrogens is 228 g/mol. The summed E-state index contributed by atoms with van der Waals surface area (Å²) in [6.45, 7) is 0.378. The Morgan fingerprint density at radius 1 is 1.24 bits per heavy atom. The van der Waals surface area contributed by atoms with Crippen LogP contribution in [0.3, 0.4) is 0 Å². The van der Waals surface area contributed by atoms with Crippen LogP contribution >= 0.6 is 0 Å². The molecule has 0 atom stereocenters. The predicted octanol–water partition coefficient (Wildman–Crippen LogP) is 2.60. The quantitative estimate of drug-likeness (QED) is 0.892. The molecule has 0 saturated heterocycles. The number of ether oxygens (including phenoxy) is 1. The number of nitrogens with two attached hydrogens (primary N) is 1. The minimum absolute atomic E-state index is 0.0224. The monoisotopic (exact) mass is 239 g/mol. The molecule has 0 saturated carbocycles. The zero-order chi connectivity index (χ0) is 12.3. The SMILES string of the molecule is NCc1ccoc1COc1ccc(F)cc1F. The second kappa shape index (κ2) is 4.97. The molecule has 0 radical (unpaired) electrons. The number of furan rings is 1. The van der Waals surface area contributed by atoms with E-state index in [-0.39, 0.29) is 12.4 Å². The first-order chi connectivity index (χ1) is 8.20. The molecular formula is C12H11F2NO2. The highest BCUT2D eigenvalue weighted by Gasteiger charge is 2.08. The molecule has 2 aromatic rings. The minimum atomic E-state index is -0.745. The summed E-state index contributed by atoms with van der Waals surface area (Å²) in [6, 6.07) is 4.85. The van der Waals surface area contributed by atoms with Gasteiger partial charge in [-0.1, -0.05) is 0 Å². The number of hydrogen-bond acceptors (Lipinski definition) is 3. The lowest BCUT2D eigenvalue weighted by atomic mass is 10.2. The molecule has 17 heavy (non-hydrogen) atoms. The Morgan fingerprint density at radius 2 is 2.06 bits per heavy atom.